The van der Waals surface area contributed by atoms with Crippen molar-refractivity contribution in [2.24, 2.45) is 0 Å². The quantitative estimate of drug-likeness (QED) is 0.727. The number of benzene rings is 1. The molecule has 0 radical (unpaired) electrons. The Kier molecular flexibility index (Phi) is 5.04. The van der Waals surface area contributed by atoms with E-state index in [2.05, 4.69) is 10.4 Å². The SMILES string of the molecule is O=C(N[C@H]1COc2ccc(C(F)(F)F)cc2C1O)c1cc2n(n1)CC[C@H](C(F)F)O2. The summed E-state index contributed by atoms with van der Waals surface area (Å²) in [5.74, 6) is -0.653. The van der Waals surface area contributed by atoms with Crippen LogP contribution in [0.3, 0.4) is 0 Å². The Hall–Kier alpha value is -2.89. The normalized spacial score (nSPS) is 23.2. The molecule has 1 aromatic carbocycles. The lowest BCUT2D eigenvalue weighted by atomic mass is 9.97. The number of aliphatic hydroxyl groups is 1. The second kappa shape index (κ2) is 7.42. The van der Waals surface area contributed by atoms with Crippen LogP contribution in [0.2, 0.25) is 0 Å². The summed E-state index contributed by atoms with van der Waals surface area (Å²) in [5.41, 5.74) is -1.20. The van der Waals surface area contributed by atoms with Gasteiger partial charge in [0, 0.05) is 24.6 Å². The van der Waals surface area contributed by atoms with Crippen molar-refractivity contribution in [2.75, 3.05) is 6.61 Å². The van der Waals surface area contributed by atoms with Crippen LogP contribution in [0.25, 0.3) is 0 Å². The maximum atomic E-state index is 12.9. The smallest absolute Gasteiger partial charge is 0.416 e. The number of ether oxygens (including phenoxy) is 2. The van der Waals surface area contributed by atoms with Crippen molar-refractivity contribution in [1.29, 1.82) is 0 Å². The summed E-state index contributed by atoms with van der Waals surface area (Å²) in [4.78, 5) is 12.5. The number of fused-ring (bicyclic) bond motifs is 2. The Labute approximate surface area is 166 Å². The van der Waals surface area contributed by atoms with Crippen LogP contribution in [0, 0.1) is 0 Å². The zero-order valence-corrected chi connectivity index (χ0v) is 15.2. The van der Waals surface area contributed by atoms with Crippen LogP contribution in [-0.2, 0) is 12.7 Å². The lowest BCUT2D eigenvalue weighted by Gasteiger charge is -2.31. The first-order valence-electron chi connectivity index (χ1n) is 8.99. The van der Waals surface area contributed by atoms with Crippen molar-refractivity contribution < 1.29 is 41.3 Å². The molecular formula is C18H16F5N3O4. The van der Waals surface area contributed by atoms with Gasteiger partial charge in [0.25, 0.3) is 12.3 Å². The van der Waals surface area contributed by atoms with Gasteiger partial charge in [-0.05, 0) is 18.2 Å². The summed E-state index contributed by atoms with van der Waals surface area (Å²) in [5, 5.41) is 16.9. The number of amides is 1. The second-order valence-electron chi connectivity index (χ2n) is 6.96. The Morgan fingerprint density at radius 3 is 2.77 bits per heavy atom. The first kappa shape index (κ1) is 20.4. The molecule has 2 N–H and O–H groups in total. The van der Waals surface area contributed by atoms with Crippen molar-refractivity contribution in [2.45, 2.75) is 43.8 Å². The molecule has 0 aliphatic carbocycles. The van der Waals surface area contributed by atoms with Gasteiger partial charge in [-0.2, -0.15) is 18.3 Å². The summed E-state index contributed by atoms with van der Waals surface area (Å²) in [7, 11) is 0. The third-order valence-electron chi connectivity index (χ3n) is 4.93. The summed E-state index contributed by atoms with van der Waals surface area (Å²) >= 11 is 0. The van der Waals surface area contributed by atoms with Crippen LogP contribution < -0.4 is 14.8 Å². The number of hydrogen-bond acceptors (Lipinski definition) is 5. The monoisotopic (exact) mass is 433 g/mol. The van der Waals surface area contributed by atoms with Crippen molar-refractivity contribution in [3.63, 3.8) is 0 Å². The number of nitrogens with one attached hydrogen (secondary N) is 1. The molecule has 7 nitrogen and oxygen atoms in total. The predicted molar refractivity (Wildman–Crippen MR) is 90.4 cm³/mol. The van der Waals surface area contributed by atoms with Crippen LogP contribution >= 0.6 is 0 Å². The van der Waals surface area contributed by atoms with E-state index in [0.717, 1.165) is 18.2 Å². The number of aliphatic hydroxyl groups excluding tert-OH is 1. The summed E-state index contributed by atoms with van der Waals surface area (Å²) in [6.45, 7) is -0.0385. The van der Waals surface area contributed by atoms with Gasteiger partial charge in [0.1, 0.15) is 18.5 Å². The molecule has 1 amide bonds. The average molecular weight is 433 g/mol. The maximum absolute atomic E-state index is 12.9. The molecule has 1 aromatic heterocycles. The lowest BCUT2D eigenvalue weighted by molar-refractivity contribution is -0.137. The lowest BCUT2D eigenvalue weighted by Crippen LogP contribution is -2.45. The van der Waals surface area contributed by atoms with Crippen molar-refractivity contribution in [3.05, 3.63) is 41.1 Å². The van der Waals surface area contributed by atoms with E-state index in [-0.39, 0.29) is 42.5 Å². The minimum absolute atomic E-state index is 0.0114. The maximum Gasteiger partial charge on any atom is 0.416 e. The number of hydrogen-bond donors (Lipinski definition) is 2. The highest BCUT2D eigenvalue weighted by atomic mass is 19.4. The topological polar surface area (TPSA) is 85.6 Å². The second-order valence-corrected chi connectivity index (χ2v) is 6.96. The third kappa shape index (κ3) is 3.78. The number of alkyl halides is 5. The number of rotatable bonds is 3. The molecule has 30 heavy (non-hydrogen) atoms. The molecule has 12 heteroatoms. The largest absolute Gasteiger partial charge is 0.491 e. The van der Waals surface area contributed by atoms with Gasteiger partial charge in [-0.3, -0.25) is 4.79 Å². The van der Waals surface area contributed by atoms with Gasteiger partial charge in [-0.15, -0.1) is 0 Å². The molecule has 0 saturated carbocycles. The Morgan fingerprint density at radius 1 is 1.30 bits per heavy atom. The molecule has 162 valence electrons. The number of aromatic nitrogens is 2. The van der Waals surface area contributed by atoms with E-state index in [0.29, 0.717) is 0 Å². The molecule has 0 spiro atoms. The fraction of sp³-hybridized carbons (Fsp3) is 0.444. The summed E-state index contributed by atoms with van der Waals surface area (Å²) < 4.78 is 76.2. The van der Waals surface area contributed by atoms with Crippen LogP contribution in [0.1, 0.15) is 34.1 Å². The van der Waals surface area contributed by atoms with Gasteiger partial charge in [0.2, 0.25) is 5.88 Å². The molecule has 2 aromatic rings. The minimum atomic E-state index is -4.60. The fourth-order valence-electron chi connectivity index (χ4n) is 3.34. The molecule has 3 heterocycles. The molecule has 3 atom stereocenters. The highest BCUT2D eigenvalue weighted by molar-refractivity contribution is 5.92. The molecule has 0 bridgehead atoms. The van der Waals surface area contributed by atoms with Gasteiger partial charge in [0.05, 0.1) is 11.6 Å². The zero-order valence-electron chi connectivity index (χ0n) is 15.2. The molecule has 0 fully saturated rings. The molecule has 2 aliphatic rings. The standard InChI is InChI=1S/C18H16F5N3O4/c19-16(20)13-3-4-26-14(30-13)6-10(25-26)17(28)24-11-7-29-12-2-1-8(18(21,22)23)5-9(12)15(11)27/h1-2,5-6,11,13,15-16,27H,3-4,7H2,(H,24,28)/t11-,13+,15?/m0/s1. The molecule has 2 aliphatic heterocycles. The van der Waals surface area contributed by atoms with Crippen molar-refractivity contribution in [1.82, 2.24) is 15.1 Å². The van der Waals surface area contributed by atoms with Gasteiger partial charge in [0.15, 0.2) is 11.8 Å². The highest BCUT2D eigenvalue weighted by Gasteiger charge is 2.36. The van der Waals surface area contributed by atoms with E-state index in [1.807, 2.05) is 0 Å². The van der Waals surface area contributed by atoms with Crippen molar-refractivity contribution >= 4 is 5.91 Å². The number of aryl methyl sites for hydroxylation is 1. The summed E-state index contributed by atoms with van der Waals surface area (Å²) in [6.07, 6.45) is -9.99. The molecule has 1 unspecified atom stereocenters. The van der Waals surface area contributed by atoms with E-state index in [1.165, 1.54) is 10.7 Å². The van der Waals surface area contributed by atoms with Crippen molar-refractivity contribution in [3.8, 4) is 11.6 Å². The predicted octanol–water partition coefficient (Wildman–Crippen LogP) is 2.54. The summed E-state index contributed by atoms with van der Waals surface area (Å²) in [6, 6.07) is 2.87. The fourth-order valence-corrected chi connectivity index (χ4v) is 3.34. The van der Waals surface area contributed by atoms with E-state index >= 15 is 0 Å². The number of nitrogens with zero attached hydrogens (tertiary/aromatic N) is 2. The Bertz CT molecular complexity index is 962. The van der Waals surface area contributed by atoms with Crippen LogP contribution in [0.5, 0.6) is 11.6 Å². The third-order valence-corrected chi connectivity index (χ3v) is 4.93. The van der Waals surface area contributed by atoms with E-state index in [9.17, 15) is 31.9 Å². The van der Waals surface area contributed by atoms with E-state index < -0.39 is 42.3 Å². The number of carbonyl (C=O) groups is 1. The van der Waals surface area contributed by atoms with Gasteiger partial charge < -0.3 is 19.9 Å². The minimum Gasteiger partial charge on any atom is -0.491 e. The van der Waals surface area contributed by atoms with Gasteiger partial charge in [-0.25, -0.2) is 13.5 Å². The average Bonchev–Trinajstić information content (AvgIpc) is 3.12. The van der Waals surface area contributed by atoms with Gasteiger partial charge >= 0.3 is 6.18 Å². The van der Waals surface area contributed by atoms with E-state index in [1.54, 1.807) is 0 Å². The number of carbonyl (C=O) groups excluding carboxylic acids is 1. The van der Waals surface area contributed by atoms with E-state index in [4.69, 9.17) is 9.47 Å². The highest BCUT2D eigenvalue weighted by Crippen LogP contribution is 2.38. The zero-order chi connectivity index (χ0) is 21.6. The first-order valence-corrected chi connectivity index (χ1v) is 8.99. The van der Waals surface area contributed by atoms with Gasteiger partial charge in [-0.1, -0.05) is 0 Å². The first-order chi connectivity index (χ1) is 14.1. The Morgan fingerprint density at radius 2 is 2.07 bits per heavy atom. The van der Waals surface area contributed by atoms with Crippen LogP contribution in [0.15, 0.2) is 24.3 Å². The van der Waals surface area contributed by atoms with Crippen LogP contribution in [0.4, 0.5) is 22.0 Å². The number of halogens is 5. The molecule has 4 rings (SSSR count). The molecular weight excluding hydrogens is 417 g/mol. The Balaban J connectivity index is 1.49. The van der Waals surface area contributed by atoms with Crippen LogP contribution in [-0.4, -0.2) is 46.0 Å². The molecule has 0 saturated heterocycles.